The Hall–Kier alpha value is -1.08. The van der Waals surface area contributed by atoms with Crippen LogP contribution in [0.3, 0.4) is 0 Å². The van der Waals surface area contributed by atoms with Gasteiger partial charge in [-0.3, -0.25) is 4.79 Å². The largest absolute Gasteiger partial charge is 0.481 e. The van der Waals surface area contributed by atoms with Crippen LogP contribution >= 0.6 is 11.8 Å². The molecule has 0 amide bonds. The van der Waals surface area contributed by atoms with Gasteiger partial charge in [-0.1, -0.05) is 25.6 Å². The van der Waals surface area contributed by atoms with E-state index < -0.39 is 5.97 Å². The van der Waals surface area contributed by atoms with Gasteiger partial charge in [0.2, 0.25) is 0 Å². The second-order valence-electron chi connectivity index (χ2n) is 3.97. The summed E-state index contributed by atoms with van der Waals surface area (Å²) in [6.45, 7) is 4.71. The van der Waals surface area contributed by atoms with Gasteiger partial charge in [0.05, 0.1) is 18.4 Å². The van der Waals surface area contributed by atoms with Crippen molar-refractivity contribution in [1.82, 2.24) is 14.8 Å². The van der Waals surface area contributed by atoms with E-state index in [1.807, 2.05) is 4.57 Å². The molecule has 17 heavy (non-hydrogen) atoms. The van der Waals surface area contributed by atoms with Crippen LogP contribution < -0.4 is 0 Å². The summed E-state index contributed by atoms with van der Waals surface area (Å²) in [5.41, 5.74) is 0. The predicted molar refractivity (Wildman–Crippen MR) is 64.1 cm³/mol. The number of rotatable bonds is 7. The summed E-state index contributed by atoms with van der Waals surface area (Å²) in [5.74, 6) is -0.524. The summed E-state index contributed by atoms with van der Waals surface area (Å²) in [7, 11) is 1.64. The van der Waals surface area contributed by atoms with Crippen LogP contribution in [0.25, 0.3) is 0 Å². The number of carboxylic acid groups (broad SMARTS) is 1. The molecule has 96 valence electrons. The maximum Gasteiger partial charge on any atom is 0.313 e. The van der Waals surface area contributed by atoms with Gasteiger partial charge in [-0.05, 0) is 5.92 Å². The molecular formula is C10H17N3O3S. The standard InChI is InChI=1S/C10H17N3O3S/c1-7(2)8(4-16-3)13-6-11-12-10(13)17-5-9(14)15/h6-8H,4-5H2,1-3H3,(H,14,15). The van der Waals surface area contributed by atoms with E-state index in [2.05, 4.69) is 24.0 Å². The number of nitrogens with zero attached hydrogens (tertiary/aromatic N) is 3. The van der Waals surface area contributed by atoms with Gasteiger partial charge >= 0.3 is 5.97 Å². The molecule has 0 radical (unpaired) electrons. The van der Waals surface area contributed by atoms with Crippen molar-refractivity contribution in [2.24, 2.45) is 5.92 Å². The average molecular weight is 259 g/mol. The minimum absolute atomic E-state index is 0.0174. The second-order valence-corrected chi connectivity index (χ2v) is 4.91. The summed E-state index contributed by atoms with van der Waals surface area (Å²) in [5, 5.41) is 17.0. The molecule has 1 heterocycles. The van der Waals surface area contributed by atoms with Crippen LogP contribution in [0, 0.1) is 5.92 Å². The van der Waals surface area contributed by atoms with E-state index >= 15 is 0 Å². The van der Waals surface area contributed by atoms with Gasteiger partial charge < -0.3 is 14.4 Å². The van der Waals surface area contributed by atoms with Crippen LogP contribution in [0.2, 0.25) is 0 Å². The Kier molecular flexibility index (Phi) is 5.43. The molecule has 0 aliphatic heterocycles. The average Bonchev–Trinajstić information content (AvgIpc) is 2.70. The number of aliphatic carboxylic acids is 1. The molecule has 6 nitrogen and oxygen atoms in total. The Bertz CT molecular complexity index is 367. The summed E-state index contributed by atoms with van der Waals surface area (Å²) in [4.78, 5) is 10.5. The van der Waals surface area contributed by atoms with E-state index in [0.717, 1.165) is 0 Å². The molecule has 0 saturated carbocycles. The van der Waals surface area contributed by atoms with Crippen molar-refractivity contribution in [1.29, 1.82) is 0 Å². The number of aromatic nitrogens is 3. The Morgan fingerprint density at radius 2 is 2.35 bits per heavy atom. The number of ether oxygens (including phenoxy) is 1. The topological polar surface area (TPSA) is 77.2 Å². The van der Waals surface area contributed by atoms with E-state index in [1.54, 1.807) is 13.4 Å². The van der Waals surface area contributed by atoms with Gasteiger partial charge in [-0.15, -0.1) is 10.2 Å². The molecule has 0 bridgehead atoms. The maximum absolute atomic E-state index is 10.5. The zero-order chi connectivity index (χ0) is 12.8. The first-order valence-corrected chi connectivity index (χ1v) is 6.27. The third-order valence-electron chi connectivity index (χ3n) is 2.33. The van der Waals surface area contributed by atoms with Crippen molar-refractivity contribution in [3.8, 4) is 0 Å². The maximum atomic E-state index is 10.5. The molecule has 0 fully saturated rings. The molecule has 1 aromatic rings. The van der Waals surface area contributed by atoms with Crippen LogP contribution in [0.4, 0.5) is 0 Å². The molecule has 7 heteroatoms. The molecule has 1 atom stereocenters. The van der Waals surface area contributed by atoms with Crippen molar-refractivity contribution in [3.05, 3.63) is 6.33 Å². The lowest BCUT2D eigenvalue weighted by atomic mass is 10.1. The van der Waals surface area contributed by atoms with E-state index in [4.69, 9.17) is 9.84 Å². The molecule has 0 aromatic carbocycles. The van der Waals surface area contributed by atoms with Crippen molar-refractivity contribution in [2.75, 3.05) is 19.5 Å². The Morgan fingerprint density at radius 1 is 1.65 bits per heavy atom. The van der Waals surface area contributed by atoms with E-state index in [0.29, 0.717) is 17.7 Å². The number of carbonyl (C=O) groups is 1. The zero-order valence-corrected chi connectivity index (χ0v) is 11.0. The fourth-order valence-corrected chi connectivity index (χ4v) is 2.14. The van der Waals surface area contributed by atoms with Crippen LogP contribution in [0.15, 0.2) is 11.5 Å². The Labute approximate surface area is 104 Å². The molecule has 1 aromatic heterocycles. The minimum atomic E-state index is -0.864. The molecule has 1 N–H and O–H groups in total. The highest BCUT2D eigenvalue weighted by Gasteiger charge is 2.19. The summed E-state index contributed by atoms with van der Waals surface area (Å²) < 4.78 is 7.04. The van der Waals surface area contributed by atoms with Crippen LogP contribution in [0.5, 0.6) is 0 Å². The summed E-state index contributed by atoms with van der Waals surface area (Å²) in [6, 6.07) is 0.117. The Morgan fingerprint density at radius 3 is 2.88 bits per heavy atom. The van der Waals surface area contributed by atoms with Crippen molar-refractivity contribution in [2.45, 2.75) is 25.0 Å². The van der Waals surface area contributed by atoms with Crippen molar-refractivity contribution >= 4 is 17.7 Å². The minimum Gasteiger partial charge on any atom is -0.481 e. The van der Waals surface area contributed by atoms with Crippen LogP contribution in [0.1, 0.15) is 19.9 Å². The highest BCUT2D eigenvalue weighted by molar-refractivity contribution is 7.99. The van der Waals surface area contributed by atoms with Crippen molar-refractivity contribution < 1.29 is 14.6 Å². The quantitative estimate of drug-likeness (QED) is 0.744. The molecule has 0 aliphatic rings. The molecule has 0 aliphatic carbocycles. The first-order valence-electron chi connectivity index (χ1n) is 5.29. The monoisotopic (exact) mass is 259 g/mol. The molecule has 0 spiro atoms. The lowest BCUT2D eigenvalue weighted by Gasteiger charge is -2.22. The summed E-state index contributed by atoms with van der Waals surface area (Å²) >= 11 is 1.17. The van der Waals surface area contributed by atoms with Gasteiger partial charge in [-0.2, -0.15) is 0 Å². The number of carboxylic acids is 1. The van der Waals surface area contributed by atoms with Crippen molar-refractivity contribution in [3.63, 3.8) is 0 Å². The van der Waals surface area contributed by atoms with Gasteiger partial charge in [-0.25, -0.2) is 0 Å². The van der Waals surface area contributed by atoms with E-state index in [1.165, 1.54) is 11.8 Å². The smallest absolute Gasteiger partial charge is 0.313 e. The van der Waals surface area contributed by atoms with E-state index in [9.17, 15) is 4.79 Å². The van der Waals surface area contributed by atoms with E-state index in [-0.39, 0.29) is 11.8 Å². The molecule has 1 unspecified atom stereocenters. The fourth-order valence-electron chi connectivity index (χ4n) is 1.45. The SMILES string of the molecule is COCC(C(C)C)n1cnnc1SCC(=O)O. The predicted octanol–water partition coefficient (Wildman–Crippen LogP) is 1.30. The van der Waals surface area contributed by atoms with Gasteiger partial charge in [0.1, 0.15) is 6.33 Å². The third-order valence-corrected chi connectivity index (χ3v) is 3.27. The third kappa shape index (κ3) is 4.01. The Balaban J connectivity index is 2.80. The first kappa shape index (κ1) is 14.0. The van der Waals surface area contributed by atoms with Crippen LogP contribution in [-0.2, 0) is 9.53 Å². The number of hydrogen-bond acceptors (Lipinski definition) is 5. The second kappa shape index (κ2) is 6.61. The van der Waals surface area contributed by atoms with Gasteiger partial charge in [0, 0.05) is 7.11 Å². The first-order chi connectivity index (χ1) is 8.06. The highest BCUT2D eigenvalue weighted by atomic mass is 32.2. The highest BCUT2D eigenvalue weighted by Crippen LogP contribution is 2.24. The van der Waals surface area contributed by atoms with Crippen LogP contribution in [-0.4, -0.2) is 45.3 Å². The number of methoxy groups -OCH3 is 1. The summed E-state index contributed by atoms with van der Waals surface area (Å²) in [6.07, 6.45) is 1.62. The zero-order valence-electron chi connectivity index (χ0n) is 10.2. The van der Waals surface area contributed by atoms with Gasteiger partial charge in [0.15, 0.2) is 5.16 Å². The fraction of sp³-hybridized carbons (Fsp3) is 0.700. The lowest BCUT2D eigenvalue weighted by Crippen LogP contribution is -2.20. The van der Waals surface area contributed by atoms with Gasteiger partial charge in [0.25, 0.3) is 0 Å². The lowest BCUT2D eigenvalue weighted by molar-refractivity contribution is -0.133. The normalized spacial score (nSPS) is 12.9. The number of thioether (sulfide) groups is 1. The number of hydrogen-bond donors (Lipinski definition) is 1. The molecule has 1 rings (SSSR count). The molecule has 0 saturated heterocycles. The molecular weight excluding hydrogens is 242 g/mol.